The van der Waals surface area contributed by atoms with E-state index in [1.807, 2.05) is 41.7 Å². The van der Waals surface area contributed by atoms with Crippen molar-refractivity contribution in [3.8, 4) is 0 Å². The molecule has 1 nitrogen and oxygen atoms in total. The monoisotopic (exact) mass is 264 g/mol. The number of Topliss-reactive ketones (excluding diaryl/α,β-unsaturated/α-hetero) is 1. The molecular formula is C14H16OS2. The van der Waals surface area contributed by atoms with Crippen LogP contribution < -0.4 is 0 Å². The SMILES string of the molecule is CC(=O)C(=C1SCCS1)C(C)c1ccccc1. The lowest BCUT2D eigenvalue weighted by Gasteiger charge is -2.16. The highest BCUT2D eigenvalue weighted by atomic mass is 32.2. The van der Waals surface area contributed by atoms with Crippen LogP contribution in [0.25, 0.3) is 0 Å². The zero-order chi connectivity index (χ0) is 12.3. The first-order valence-electron chi connectivity index (χ1n) is 5.76. The van der Waals surface area contributed by atoms with E-state index in [1.54, 1.807) is 6.92 Å². The Hall–Kier alpha value is -0.670. The summed E-state index contributed by atoms with van der Waals surface area (Å²) in [5, 5.41) is 0. The molecule has 0 saturated carbocycles. The number of carbonyl (C=O) groups excluding carboxylic acids is 1. The molecule has 0 aliphatic carbocycles. The van der Waals surface area contributed by atoms with Crippen molar-refractivity contribution in [2.24, 2.45) is 0 Å². The van der Waals surface area contributed by atoms with Crippen LogP contribution >= 0.6 is 23.5 Å². The molecule has 0 aromatic heterocycles. The van der Waals surface area contributed by atoms with Gasteiger partial charge in [0, 0.05) is 27.2 Å². The van der Waals surface area contributed by atoms with E-state index in [0.717, 1.165) is 17.1 Å². The van der Waals surface area contributed by atoms with E-state index in [0.29, 0.717) is 0 Å². The van der Waals surface area contributed by atoms with Crippen LogP contribution in [0.1, 0.15) is 25.3 Å². The second-order valence-electron chi connectivity index (χ2n) is 4.09. The van der Waals surface area contributed by atoms with Gasteiger partial charge in [0.05, 0.1) is 0 Å². The van der Waals surface area contributed by atoms with Gasteiger partial charge in [-0.3, -0.25) is 4.79 Å². The summed E-state index contributed by atoms with van der Waals surface area (Å²) in [5.41, 5.74) is 2.21. The molecule has 0 radical (unpaired) electrons. The molecule has 0 bridgehead atoms. The second kappa shape index (κ2) is 5.78. The largest absolute Gasteiger partial charge is 0.295 e. The van der Waals surface area contributed by atoms with Gasteiger partial charge in [0.25, 0.3) is 0 Å². The maximum atomic E-state index is 11.9. The van der Waals surface area contributed by atoms with Crippen LogP contribution in [0, 0.1) is 0 Å². The van der Waals surface area contributed by atoms with Gasteiger partial charge in [0.2, 0.25) is 0 Å². The number of thioether (sulfide) groups is 2. The van der Waals surface area contributed by atoms with Gasteiger partial charge >= 0.3 is 0 Å². The zero-order valence-electron chi connectivity index (χ0n) is 10.1. The molecule has 1 aliphatic rings. The summed E-state index contributed by atoms with van der Waals surface area (Å²) in [6.45, 7) is 3.81. The first kappa shape index (κ1) is 12.8. The lowest BCUT2D eigenvalue weighted by molar-refractivity contribution is -0.113. The fraction of sp³-hybridized carbons (Fsp3) is 0.357. The zero-order valence-corrected chi connectivity index (χ0v) is 11.7. The number of ketones is 1. The molecule has 2 rings (SSSR count). The smallest absolute Gasteiger partial charge is 0.158 e. The third kappa shape index (κ3) is 2.96. The quantitative estimate of drug-likeness (QED) is 0.766. The number of hydrogen-bond acceptors (Lipinski definition) is 3. The van der Waals surface area contributed by atoms with Crippen molar-refractivity contribution in [1.82, 2.24) is 0 Å². The lowest BCUT2D eigenvalue weighted by Crippen LogP contribution is -2.07. The summed E-state index contributed by atoms with van der Waals surface area (Å²) in [6.07, 6.45) is 0. The fourth-order valence-corrected chi connectivity index (χ4v) is 4.82. The van der Waals surface area contributed by atoms with Crippen molar-refractivity contribution in [1.29, 1.82) is 0 Å². The Balaban J connectivity index is 2.35. The Kier molecular flexibility index (Phi) is 4.35. The third-order valence-electron chi connectivity index (χ3n) is 2.88. The number of rotatable bonds is 3. The van der Waals surface area contributed by atoms with Crippen molar-refractivity contribution in [3.05, 3.63) is 45.7 Å². The minimum Gasteiger partial charge on any atom is -0.295 e. The van der Waals surface area contributed by atoms with Gasteiger partial charge in [-0.15, -0.1) is 23.5 Å². The molecular weight excluding hydrogens is 248 g/mol. The second-order valence-corrected chi connectivity index (χ2v) is 6.56. The van der Waals surface area contributed by atoms with E-state index in [1.165, 1.54) is 9.80 Å². The van der Waals surface area contributed by atoms with Crippen LogP contribution in [0.5, 0.6) is 0 Å². The van der Waals surface area contributed by atoms with Gasteiger partial charge in [-0.05, 0) is 12.5 Å². The predicted octanol–water partition coefficient (Wildman–Crippen LogP) is 4.07. The summed E-state index contributed by atoms with van der Waals surface area (Å²) >= 11 is 3.65. The van der Waals surface area contributed by atoms with Gasteiger partial charge < -0.3 is 0 Å². The molecule has 1 fully saturated rings. The standard InChI is InChI=1S/C14H16OS2/c1-10(12-6-4-3-5-7-12)13(11(2)15)14-16-8-9-17-14/h3-7,10H,8-9H2,1-2H3. The van der Waals surface area contributed by atoms with Gasteiger partial charge in [-0.25, -0.2) is 0 Å². The highest BCUT2D eigenvalue weighted by molar-refractivity contribution is 8.25. The Morgan fingerprint density at radius 3 is 2.29 bits per heavy atom. The maximum Gasteiger partial charge on any atom is 0.158 e. The summed E-state index contributed by atoms with van der Waals surface area (Å²) in [7, 11) is 0. The first-order valence-corrected chi connectivity index (χ1v) is 7.73. The van der Waals surface area contributed by atoms with Crippen LogP contribution in [-0.2, 0) is 4.79 Å². The van der Waals surface area contributed by atoms with Crippen molar-refractivity contribution in [3.63, 3.8) is 0 Å². The predicted molar refractivity (Wildman–Crippen MR) is 77.5 cm³/mol. The van der Waals surface area contributed by atoms with E-state index in [9.17, 15) is 4.79 Å². The summed E-state index contributed by atoms with van der Waals surface area (Å²) in [6, 6.07) is 10.3. The molecule has 0 spiro atoms. The first-order chi connectivity index (χ1) is 8.20. The topological polar surface area (TPSA) is 17.1 Å². The Labute approximate surface area is 111 Å². The van der Waals surface area contributed by atoms with E-state index < -0.39 is 0 Å². The molecule has 1 aromatic rings. The number of benzene rings is 1. The molecule has 1 aromatic carbocycles. The van der Waals surface area contributed by atoms with Crippen molar-refractivity contribution in [2.45, 2.75) is 19.8 Å². The number of carbonyl (C=O) groups is 1. The van der Waals surface area contributed by atoms with E-state index in [-0.39, 0.29) is 11.7 Å². The highest BCUT2D eigenvalue weighted by Gasteiger charge is 2.23. The molecule has 1 aliphatic heterocycles. The Morgan fingerprint density at radius 1 is 1.18 bits per heavy atom. The minimum absolute atomic E-state index is 0.196. The van der Waals surface area contributed by atoms with E-state index in [4.69, 9.17) is 0 Å². The third-order valence-corrected chi connectivity index (χ3v) is 5.63. The minimum atomic E-state index is 0.196. The highest BCUT2D eigenvalue weighted by Crippen LogP contribution is 2.42. The maximum absolute atomic E-state index is 11.9. The van der Waals surface area contributed by atoms with Crippen molar-refractivity contribution in [2.75, 3.05) is 11.5 Å². The summed E-state index contributed by atoms with van der Waals surface area (Å²) < 4.78 is 1.23. The normalized spacial score (nSPS) is 16.9. The van der Waals surface area contributed by atoms with E-state index in [2.05, 4.69) is 19.1 Å². The molecule has 3 heteroatoms. The van der Waals surface area contributed by atoms with Gasteiger partial charge in [0.15, 0.2) is 5.78 Å². The molecule has 1 unspecified atom stereocenters. The van der Waals surface area contributed by atoms with Crippen LogP contribution in [0.3, 0.4) is 0 Å². The van der Waals surface area contributed by atoms with Gasteiger partial charge in [0.1, 0.15) is 0 Å². The van der Waals surface area contributed by atoms with Crippen molar-refractivity contribution >= 4 is 29.3 Å². The average Bonchev–Trinajstić information content (AvgIpc) is 2.83. The van der Waals surface area contributed by atoms with E-state index >= 15 is 0 Å². The fourth-order valence-electron chi connectivity index (χ4n) is 2.00. The lowest BCUT2D eigenvalue weighted by atomic mass is 9.92. The summed E-state index contributed by atoms with van der Waals surface area (Å²) in [4.78, 5) is 11.9. The molecule has 17 heavy (non-hydrogen) atoms. The van der Waals surface area contributed by atoms with Crippen LogP contribution in [-0.4, -0.2) is 17.3 Å². The molecule has 0 amide bonds. The number of hydrogen-bond donors (Lipinski definition) is 0. The van der Waals surface area contributed by atoms with Crippen LogP contribution in [0.15, 0.2) is 40.1 Å². The van der Waals surface area contributed by atoms with Crippen LogP contribution in [0.2, 0.25) is 0 Å². The van der Waals surface area contributed by atoms with Gasteiger partial charge in [-0.2, -0.15) is 0 Å². The van der Waals surface area contributed by atoms with Gasteiger partial charge in [-0.1, -0.05) is 37.3 Å². The molecule has 1 heterocycles. The Bertz CT molecular complexity index is 429. The Morgan fingerprint density at radius 2 is 1.76 bits per heavy atom. The average molecular weight is 264 g/mol. The van der Waals surface area contributed by atoms with Crippen molar-refractivity contribution < 1.29 is 4.79 Å². The molecule has 90 valence electrons. The molecule has 0 N–H and O–H groups in total. The molecule has 1 saturated heterocycles. The number of allylic oxidation sites excluding steroid dienone is 1. The summed E-state index contributed by atoms with van der Waals surface area (Å²) in [5.74, 6) is 2.65. The molecule has 1 atom stereocenters. The van der Waals surface area contributed by atoms with Crippen LogP contribution in [0.4, 0.5) is 0 Å².